The van der Waals surface area contributed by atoms with Crippen molar-refractivity contribution in [3.05, 3.63) is 24.3 Å². The molecule has 3 heteroatoms. The third kappa shape index (κ3) is 4.53. The molecule has 1 aromatic carbocycles. The van der Waals surface area contributed by atoms with E-state index in [1.165, 1.54) is 0 Å². The lowest BCUT2D eigenvalue weighted by Crippen LogP contribution is -2.27. The van der Waals surface area contributed by atoms with Crippen LogP contribution in [0.5, 0.6) is 5.75 Å². The molecule has 1 unspecified atom stereocenters. The molecule has 90 valence electrons. The van der Waals surface area contributed by atoms with Crippen LogP contribution in [0.4, 0.5) is 5.69 Å². The highest BCUT2D eigenvalue weighted by atomic mass is 16.5. The molecule has 0 radical (unpaired) electrons. The molecule has 0 aliphatic heterocycles. The van der Waals surface area contributed by atoms with Crippen LogP contribution in [0, 0.1) is 0 Å². The molecule has 3 N–H and O–H groups in total. The third-order valence-corrected chi connectivity index (χ3v) is 2.32. The van der Waals surface area contributed by atoms with Gasteiger partial charge in [-0.3, -0.25) is 0 Å². The standard InChI is InChI=1S/C13H22N2O/c1-4-11(14)9-15-12-5-7-13(8-6-12)16-10(2)3/h5-8,10-11,15H,4,9,14H2,1-3H3. The molecule has 0 bridgehead atoms. The summed E-state index contributed by atoms with van der Waals surface area (Å²) in [6.45, 7) is 6.94. The van der Waals surface area contributed by atoms with Crippen molar-refractivity contribution in [2.75, 3.05) is 11.9 Å². The molecule has 0 saturated carbocycles. The van der Waals surface area contributed by atoms with Crippen LogP contribution in [0.3, 0.4) is 0 Å². The highest BCUT2D eigenvalue weighted by Crippen LogP contribution is 2.16. The van der Waals surface area contributed by atoms with Crippen molar-refractivity contribution in [3.63, 3.8) is 0 Å². The molecular weight excluding hydrogens is 200 g/mol. The van der Waals surface area contributed by atoms with Crippen LogP contribution in [0.15, 0.2) is 24.3 Å². The first-order valence-corrected chi connectivity index (χ1v) is 5.88. The molecule has 3 nitrogen and oxygen atoms in total. The van der Waals surface area contributed by atoms with Crippen molar-refractivity contribution in [1.29, 1.82) is 0 Å². The zero-order chi connectivity index (χ0) is 12.0. The Balaban J connectivity index is 2.45. The summed E-state index contributed by atoms with van der Waals surface area (Å²) in [6.07, 6.45) is 1.20. The smallest absolute Gasteiger partial charge is 0.119 e. The van der Waals surface area contributed by atoms with Gasteiger partial charge in [0, 0.05) is 18.3 Å². The Morgan fingerprint density at radius 3 is 2.38 bits per heavy atom. The number of anilines is 1. The van der Waals surface area contributed by atoms with Crippen molar-refractivity contribution in [2.24, 2.45) is 5.73 Å². The van der Waals surface area contributed by atoms with Gasteiger partial charge in [-0.1, -0.05) is 6.92 Å². The molecular formula is C13H22N2O. The Hall–Kier alpha value is -1.22. The van der Waals surface area contributed by atoms with Crippen LogP contribution in [-0.4, -0.2) is 18.7 Å². The zero-order valence-corrected chi connectivity index (χ0v) is 10.4. The molecule has 1 aromatic rings. The van der Waals surface area contributed by atoms with E-state index in [9.17, 15) is 0 Å². The summed E-state index contributed by atoms with van der Waals surface area (Å²) >= 11 is 0. The fourth-order valence-electron chi connectivity index (χ4n) is 1.32. The van der Waals surface area contributed by atoms with Gasteiger partial charge in [-0.25, -0.2) is 0 Å². The van der Waals surface area contributed by atoms with E-state index in [1.54, 1.807) is 0 Å². The van der Waals surface area contributed by atoms with E-state index in [0.29, 0.717) is 0 Å². The van der Waals surface area contributed by atoms with Crippen molar-refractivity contribution in [3.8, 4) is 5.75 Å². The van der Waals surface area contributed by atoms with Gasteiger partial charge in [0.1, 0.15) is 5.75 Å². The molecule has 1 rings (SSSR count). The van der Waals surface area contributed by atoms with Crippen LogP contribution in [0.25, 0.3) is 0 Å². The summed E-state index contributed by atoms with van der Waals surface area (Å²) in [5.41, 5.74) is 6.91. The van der Waals surface area contributed by atoms with Gasteiger partial charge < -0.3 is 15.8 Å². The lowest BCUT2D eigenvalue weighted by atomic mass is 10.2. The first-order valence-electron chi connectivity index (χ1n) is 5.88. The molecule has 0 aromatic heterocycles. The summed E-state index contributed by atoms with van der Waals surface area (Å²) in [6, 6.07) is 8.19. The minimum atomic E-state index is 0.214. The topological polar surface area (TPSA) is 47.3 Å². The van der Waals surface area contributed by atoms with Crippen molar-refractivity contribution < 1.29 is 4.74 Å². The molecule has 16 heavy (non-hydrogen) atoms. The number of hydrogen-bond acceptors (Lipinski definition) is 3. The molecule has 0 spiro atoms. The van der Waals surface area contributed by atoms with Crippen LogP contribution in [0.1, 0.15) is 27.2 Å². The largest absolute Gasteiger partial charge is 0.491 e. The fraction of sp³-hybridized carbons (Fsp3) is 0.538. The lowest BCUT2D eigenvalue weighted by molar-refractivity contribution is 0.242. The number of rotatable bonds is 6. The van der Waals surface area contributed by atoms with Gasteiger partial charge in [-0.05, 0) is 44.5 Å². The maximum atomic E-state index is 5.83. The van der Waals surface area contributed by atoms with E-state index < -0.39 is 0 Å². The minimum absolute atomic E-state index is 0.214. The second-order valence-electron chi connectivity index (χ2n) is 4.24. The summed E-state index contributed by atoms with van der Waals surface area (Å²) in [4.78, 5) is 0. The Morgan fingerprint density at radius 1 is 1.25 bits per heavy atom. The van der Waals surface area contributed by atoms with Gasteiger partial charge in [-0.2, -0.15) is 0 Å². The fourth-order valence-corrected chi connectivity index (χ4v) is 1.32. The molecule has 0 fully saturated rings. The van der Waals surface area contributed by atoms with Gasteiger partial charge in [-0.15, -0.1) is 0 Å². The van der Waals surface area contributed by atoms with Crippen molar-refractivity contribution in [1.82, 2.24) is 0 Å². The average molecular weight is 222 g/mol. The summed E-state index contributed by atoms with van der Waals surface area (Å²) in [7, 11) is 0. The summed E-state index contributed by atoms with van der Waals surface area (Å²) in [5.74, 6) is 0.903. The maximum Gasteiger partial charge on any atom is 0.119 e. The van der Waals surface area contributed by atoms with Gasteiger partial charge in [0.05, 0.1) is 6.10 Å². The predicted molar refractivity (Wildman–Crippen MR) is 69.0 cm³/mol. The van der Waals surface area contributed by atoms with Gasteiger partial charge in [0.25, 0.3) is 0 Å². The van der Waals surface area contributed by atoms with E-state index in [1.807, 2.05) is 38.1 Å². The first kappa shape index (κ1) is 12.8. The summed E-state index contributed by atoms with van der Waals surface area (Å²) < 4.78 is 5.56. The van der Waals surface area contributed by atoms with E-state index >= 15 is 0 Å². The van der Waals surface area contributed by atoms with Crippen LogP contribution < -0.4 is 15.8 Å². The van der Waals surface area contributed by atoms with Crippen molar-refractivity contribution >= 4 is 5.69 Å². The second-order valence-corrected chi connectivity index (χ2v) is 4.24. The number of hydrogen-bond donors (Lipinski definition) is 2. The summed E-state index contributed by atoms with van der Waals surface area (Å²) in [5, 5.41) is 3.30. The third-order valence-electron chi connectivity index (χ3n) is 2.32. The number of ether oxygens (including phenoxy) is 1. The quantitative estimate of drug-likeness (QED) is 0.778. The lowest BCUT2D eigenvalue weighted by Gasteiger charge is -2.13. The number of nitrogens with one attached hydrogen (secondary N) is 1. The molecule has 0 saturated heterocycles. The van der Waals surface area contributed by atoms with Gasteiger partial charge in [0.15, 0.2) is 0 Å². The molecule has 0 heterocycles. The van der Waals surface area contributed by atoms with E-state index in [0.717, 1.165) is 24.4 Å². The number of nitrogens with two attached hydrogens (primary N) is 1. The molecule has 0 aliphatic carbocycles. The monoisotopic (exact) mass is 222 g/mol. The Bertz CT molecular complexity index is 295. The Kier molecular flexibility index (Phi) is 5.12. The van der Waals surface area contributed by atoms with Crippen LogP contribution >= 0.6 is 0 Å². The van der Waals surface area contributed by atoms with E-state index in [4.69, 9.17) is 10.5 Å². The maximum absolute atomic E-state index is 5.83. The Morgan fingerprint density at radius 2 is 1.88 bits per heavy atom. The number of benzene rings is 1. The van der Waals surface area contributed by atoms with E-state index in [-0.39, 0.29) is 12.1 Å². The van der Waals surface area contributed by atoms with Crippen LogP contribution in [0.2, 0.25) is 0 Å². The Labute approximate surface area is 98.0 Å². The predicted octanol–water partition coefficient (Wildman–Crippen LogP) is 2.62. The average Bonchev–Trinajstić information content (AvgIpc) is 2.27. The van der Waals surface area contributed by atoms with Gasteiger partial charge >= 0.3 is 0 Å². The highest BCUT2D eigenvalue weighted by Gasteiger charge is 2.00. The first-order chi connectivity index (χ1) is 7.61. The van der Waals surface area contributed by atoms with E-state index in [2.05, 4.69) is 12.2 Å². The van der Waals surface area contributed by atoms with Gasteiger partial charge in [0.2, 0.25) is 0 Å². The molecule has 1 atom stereocenters. The second kappa shape index (κ2) is 6.38. The highest BCUT2D eigenvalue weighted by molar-refractivity contribution is 5.46. The minimum Gasteiger partial charge on any atom is -0.491 e. The van der Waals surface area contributed by atoms with Crippen LogP contribution in [-0.2, 0) is 0 Å². The zero-order valence-electron chi connectivity index (χ0n) is 10.4. The normalized spacial score (nSPS) is 12.6. The van der Waals surface area contributed by atoms with Crippen molar-refractivity contribution in [2.45, 2.75) is 39.3 Å². The molecule has 0 aliphatic rings. The molecule has 0 amide bonds. The SMILES string of the molecule is CCC(N)CNc1ccc(OC(C)C)cc1.